The average molecular weight is 300 g/mol. The van der Waals surface area contributed by atoms with Gasteiger partial charge in [0.1, 0.15) is 5.54 Å². The van der Waals surface area contributed by atoms with E-state index in [-0.39, 0.29) is 0 Å². The molecule has 1 atom stereocenters. The van der Waals surface area contributed by atoms with Gasteiger partial charge in [0.15, 0.2) is 5.69 Å². The number of nitrogens with one attached hydrogen (secondary N) is 1. The fraction of sp³-hybridized carbons (Fsp3) is 0.714. The first kappa shape index (κ1) is 15.8. The maximum atomic E-state index is 12.4. The summed E-state index contributed by atoms with van der Waals surface area (Å²) in [7, 11) is 0. The van der Waals surface area contributed by atoms with E-state index in [1.807, 2.05) is 6.92 Å². The van der Waals surface area contributed by atoms with Crippen LogP contribution in [-0.4, -0.2) is 21.4 Å². The molecule has 0 saturated heterocycles. The van der Waals surface area contributed by atoms with Crippen LogP contribution in [0.1, 0.15) is 44.7 Å². The predicted molar refractivity (Wildman–Crippen MR) is 71.3 cm³/mol. The van der Waals surface area contributed by atoms with Crippen LogP contribution in [0.2, 0.25) is 0 Å². The van der Waals surface area contributed by atoms with Gasteiger partial charge in [0.25, 0.3) is 0 Å². The molecule has 1 heterocycles. The Morgan fingerprint density at radius 3 is 2.67 bits per heavy atom. The number of nitriles is 1. The molecule has 1 fully saturated rings. The molecule has 2 rings (SSSR count). The average Bonchev–Trinajstić information content (AvgIpc) is 3.07. The first-order valence-electron chi connectivity index (χ1n) is 7.12. The molecule has 1 aliphatic rings. The van der Waals surface area contributed by atoms with Crippen LogP contribution in [-0.2, 0) is 12.7 Å². The van der Waals surface area contributed by atoms with Gasteiger partial charge < -0.3 is 0 Å². The highest BCUT2D eigenvalue weighted by Crippen LogP contribution is 2.27. The van der Waals surface area contributed by atoms with Crippen molar-refractivity contribution in [1.29, 1.82) is 5.26 Å². The zero-order valence-electron chi connectivity index (χ0n) is 12.0. The van der Waals surface area contributed by atoms with E-state index >= 15 is 0 Å². The van der Waals surface area contributed by atoms with E-state index in [4.69, 9.17) is 0 Å². The molecule has 4 nitrogen and oxygen atoms in total. The van der Waals surface area contributed by atoms with E-state index in [9.17, 15) is 18.4 Å². The number of unbranched alkanes of at least 4 members (excludes halogenated alkanes) is 1. The highest BCUT2D eigenvalue weighted by atomic mass is 19.4. The molecular weight excluding hydrogens is 281 g/mol. The van der Waals surface area contributed by atoms with Crippen LogP contribution in [0.4, 0.5) is 13.2 Å². The van der Waals surface area contributed by atoms with Gasteiger partial charge in [-0.2, -0.15) is 23.5 Å². The van der Waals surface area contributed by atoms with Crippen molar-refractivity contribution in [2.45, 2.75) is 63.3 Å². The summed E-state index contributed by atoms with van der Waals surface area (Å²) >= 11 is 0. The Labute approximate surface area is 121 Å². The van der Waals surface area contributed by atoms with Gasteiger partial charge in [-0.25, -0.2) is 0 Å². The molecule has 0 aliphatic heterocycles. The number of aromatic nitrogens is 2. The molecule has 0 radical (unpaired) electrons. The summed E-state index contributed by atoms with van der Waals surface area (Å²) in [6, 6.07) is 3.72. The standard InChI is InChI=1S/C14H19F3N4/c1-13(10-18,19-11-4-5-11)7-2-3-8-21-9-6-12(20-21)14(15,16)17/h6,9,11,19H,2-5,7-8H2,1H3. The number of halogens is 3. The molecule has 1 aliphatic carbocycles. The molecule has 1 saturated carbocycles. The zero-order valence-corrected chi connectivity index (χ0v) is 12.0. The molecule has 1 aromatic rings. The molecule has 1 aromatic heterocycles. The minimum Gasteiger partial charge on any atom is -0.297 e. The monoisotopic (exact) mass is 300 g/mol. The SMILES string of the molecule is CC(C#N)(CCCCn1ccc(C(F)(F)F)n1)NC1CC1. The number of nitrogens with zero attached hydrogens (tertiary/aromatic N) is 3. The largest absolute Gasteiger partial charge is 0.435 e. The lowest BCUT2D eigenvalue weighted by Gasteiger charge is -2.23. The Hall–Kier alpha value is -1.55. The molecule has 21 heavy (non-hydrogen) atoms. The summed E-state index contributed by atoms with van der Waals surface area (Å²) in [5.41, 5.74) is -1.40. The van der Waals surface area contributed by atoms with E-state index in [0.29, 0.717) is 25.4 Å². The third-order valence-electron chi connectivity index (χ3n) is 3.59. The first-order valence-corrected chi connectivity index (χ1v) is 7.12. The summed E-state index contributed by atoms with van der Waals surface area (Å²) in [5.74, 6) is 0. The van der Waals surface area contributed by atoms with Gasteiger partial charge >= 0.3 is 6.18 Å². The van der Waals surface area contributed by atoms with Crippen LogP contribution in [0, 0.1) is 11.3 Å². The number of hydrogen-bond donors (Lipinski definition) is 1. The van der Waals surface area contributed by atoms with Crippen LogP contribution < -0.4 is 5.32 Å². The van der Waals surface area contributed by atoms with Crippen LogP contribution in [0.25, 0.3) is 0 Å². The predicted octanol–water partition coefficient (Wildman–Crippen LogP) is 3.11. The summed E-state index contributed by atoms with van der Waals surface area (Å²) < 4.78 is 38.5. The van der Waals surface area contributed by atoms with Crippen LogP contribution >= 0.6 is 0 Å². The van der Waals surface area contributed by atoms with E-state index in [1.165, 1.54) is 10.9 Å². The van der Waals surface area contributed by atoms with Crippen molar-refractivity contribution in [2.24, 2.45) is 0 Å². The van der Waals surface area contributed by atoms with Crippen LogP contribution in [0.3, 0.4) is 0 Å². The highest BCUT2D eigenvalue weighted by molar-refractivity contribution is 5.07. The molecule has 0 amide bonds. The molecule has 0 aromatic carbocycles. The Morgan fingerprint density at radius 1 is 1.43 bits per heavy atom. The third-order valence-corrected chi connectivity index (χ3v) is 3.59. The molecule has 116 valence electrons. The van der Waals surface area contributed by atoms with E-state index in [1.54, 1.807) is 0 Å². The first-order chi connectivity index (χ1) is 9.82. The van der Waals surface area contributed by atoms with Gasteiger partial charge in [-0.3, -0.25) is 10.00 Å². The smallest absolute Gasteiger partial charge is 0.297 e. The lowest BCUT2D eigenvalue weighted by atomic mass is 9.96. The summed E-state index contributed by atoms with van der Waals surface area (Å²) in [6.07, 6.45) is 1.34. The fourth-order valence-electron chi connectivity index (χ4n) is 2.23. The Kier molecular flexibility index (Phi) is 4.57. The second-order valence-corrected chi connectivity index (χ2v) is 5.78. The zero-order chi connectivity index (χ0) is 15.5. The molecule has 0 spiro atoms. The summed E-state index contributed by atoms with van der Waals surface area (Å²) in [5, 5.41) is 16.0. The molecular formula is C14H19F3N4. The van der Waals surface area contributed by atoms with Crippen molar-refractivity contribution < 1.29 is 13.2 Å². The van der Waals surface area contributed by atoms with Crippen molar-refractivity contribution in [3.63, 3.8) is 0 Å². The van der Waals surface area contributed by atoms with E-state index in [2.05, 4.69) is 16.5 Å². The number of rotatable bonds is 7. The van der Waals surface area contributed by atoms with Gasteiger partial charge in [-0.1, -0.05) is 0 Å². The van der Waals surface area contributed by atoms with E-state index < -0.39 is 17.4 Å². The third kappa shape index (κ3) is 4.74. The van der Waals surface area contributed by atoms with Gasteiger partial charge in [0.05, 0.1) is 6.07 Å². The molecule has 1 unspecified atom stereocenters. The number of alkyl halides is 3. The minimum atomic E-state index is -4.39. The van der Waals surface area contributed by atoms with Crippen molar-refractivity contribution in [2.75, 3.05) is 0 Å². The number of aryl methyl sites for hydroxylation is 1. The maximum Gasteiger partial charge on any atom is 0.435 e. The van der Waals surface area contributed by atoms with Crippen molar-refractivity contribution in [3.8, 4) is 6.07 Å². The van der Waals surface area contributed by atoms with Crippen molar-refractivity contribution >= 4 is 0 Å². The quantitative estimate of drug-likeness (QED) is 0.787. The summed E-state index contributed by atoms with van der Waals surface area (Å²) in [6.45, 7) is 2.31. The lowest BCUT2D eigenvalue weighted by Crippen LogP contribution is -2.42. The van der Waals surface area contributed by atoms with E-state index in [0.717, 1.165) is 25.3 Å². The molecule has 0 bridgehead atoms. The minimum absolute atomic E-state index is 0.432. The van der Waals surface area contributed by atoms with Crippen molar-refractivity contribution in [3.05, 3.63) is 18.0 Å². The van der Waals surface area contributed by atoms with Gasteiger partial charge in [-0.05, 0) is 45.1 Å². The highest BCUT2D eigenvalue weighted by Gasteiger charge is 2.34. The summed E-state index contributed by atoms with van der Waals surface area (Å²) in [4.78, 5) is 0. The number of hydrogen-bond acceptors (Lipinski definition) is 3. The second kappa shape index (κ2) is 6.06. The Morgan fingerprint density at radius 2 is 2.14 bits per heavy atom. The topological polar surface area (TPSA) is 53.6 Å². The maximum absolute atomic E-state index is 12.4. The van der Waals surface area contributed by atoms with Gasteiger partial charge in [0, 0.05) is 18.8 Å². The fourth-order valence-corrected chi connectivity index (χ4v) is 2.23. The Bertz CT molecular complexity index is 513. The lowest BCUT2D eigenvalue weighted by molar-refractivity contribution is -0.141. The molecule has 1 N–H and O–H groups in total. The molecule has 7 heteroatoms. The van der Waals surface area contributed by atoms with Crippen LogP contribution in [0.15, 0.2) is 12.3 Å². The Balaban J connectivity index is 1.74. The van der Waals surface area contributed by atoms with Gasteiger partial charge in [-0.15, -0.1) is 0 Å². The second-order valence-electron chi connectivity index (χ2n) is 5.78. The van der Waals surface area contributed by atoms with Gasteiger partial charge in [0.2, 0.25) is 0 Å². The van der Waals surface area contributed by atoms with Crippen molar-refractivity contribution in [1.82, 2.24) is 15.1 Å². The normalized spacial score (nSPS) is 18.2. The van der Waals surface area contributed by atoms with Crippen LogP contribution in [0.5, 0.6) is 0 Å².